The van der Waals surface area contributed by atoms with Crippen molar-refractivity contribution in [2.24, 2.45) is 0 Å². The summed E-state index contributed by atoms with van der Waals surface area (Å²) in [6, 6.07) is 14.3. The van der Waals surface area contributed by atoms with Gasteiger partial charge in [0.05, 0.1) is 6.54 Å². The van der Waals surface area contributed by atoms with Crippen LogP contribution in [0.25, 0.3) is 0 Å². The summed E-state index contributed by atoms with van der Waals surface area (Å²) in [7, 11) is 0. The van der Waals surface area contributed by atoms with Crippen LogP contribution < -0.4 is 10.6 Å². The van der Waals surface area contributed by atoms with Crippen LogP contribution in [0.15, 0.2) is 53.0 Å². The molecule has 2 rings (SSSR count). The monoisotopic (exact) mass is 448 g/mol. The van der Waals surface area contributed by atoms with Gasteiger partial charge in [0, 0.05) is 35.4 Å². The van der Waals surface area contributed by atoms with Gasteiger partial charge in [-0.2, -0.15) is 0 Å². The van der Waals surface area contributed by atoms with Crippen molar-refractivity contribution in [3.63, 3.8) is 0 Å². The van der Waals surface area contributed by atoms with E-state index >= 15 is 0 Å². The molecule has 0 spiro atoms. The van der Waals surface area contributed by atoms with Crippen molar-refractivity contribution in [1.29, 1.82) is 0 Å². The molecule has 0 bridgehead atoms. The standard InChI is InChI=1S/C21H25BrN2O4/c1-3-27-19(28-4-2)14-24-21(26)16-7-5-15(6-8-16)13-23-20(25)17-9-11-18(22)12-10-17/h5-12,19H,3-4,13-14H2,1-2H3,(H,23,25)(H,24,26). The average molecular weight is 449 g/mol. The van der Waals surface area contributed by atoms with Gasteiger partial charge in [0.25, 0.3) is 11.8 Å². The van der Waals surface area contributed by atoms with E-state index in [1.807, 2.05) is 38.1 Å². The van der Waals surface area contributed by atoms with E-state index in [-0.39, 0.29) is 18.4 Å². The maximum absolute atomic E-state index is 12.3. The van der Waals surface area contributed by atoms with Crippen LogP contribution in [0.1, 0.15) is 40.1 Å². The van der Waals surface area contributed by atoms with Gasteiger partial charge in [-0.25, -0.2) is 0 Å². The Morgan fingerprint density at radius 3 is 1.89 bits per heavy atom. The van der Waals surface area contributed by atoms with E-state index in [1.54, 1.807) is 24.3 Å². The Kier molecular flexibility index (Phi) is 9.13. The van der Waals surface area contributed by atoms with Gasteiger partial charge in [0.1, 0.15) is 0 Å². The zero-order chi connectivity index (χ0) is 20.4. The molecule has 2 aromatic rings. The third kappa shape index (κ3) is 7.07. The molecule has 6 nitrogen and oxygen atoms in total. The first-order chi connectivity index (χ1) is 13.5. The molecule has 28 heavy (non-hydrogen) atoms. The summed E-state index contributed by atoms with van der Waals surface area (Å²) in [4.78, 5) is 24.4. The zero-order valence-electron chi connectivity index (χ0n) is 16.0. The molecular formula is C21H25BrN2O4. The number of ether oxygens (including phenoxy) is 2. The highest BCUT2D eigenvalue weighted by atomic mass is 79.9. The number of hydrogen-bond donors (Lipinski definition) is 2. The Morgan fingerprint density at radius 2 is 1.36 bits per heavy atom. The quantitative estimate of drug-likeness (QED) is 0.545. The van der Waals surface area contributed by atoms with Gasteiger partial charge < -0.3 is 20.1 Å². The number of benzene rings is 2. The molecule has 2 aromatic carbocycles. The van der Waals surface area contributed by atoms with Crippen molar-refractivity contribution >= 4 is 27.7 Å². The Balaban J connectivity index is 1.84. The Labute approximate surface area is 173 Å². The summed E-state index contributed by atoms with van der Waals surface area (Å²) < 4.78 is 11.7. The summed E-state index contributed by atoms with van der Waals surface area (Å²) in [6.07, 6.45) is -0.452. The van der Waals surface area contributed by atoms with Crippen LogP contribution in [-0.2, 0) is 16.0 Å². The molecule has 0 unspecified atom stereocenters. The van der Waals surface area contributed by atoms with Crippen molar-refractivity contribution < 1.29 is 19.1 Å². The first-order valence-corrected chi connectivity index (χ1v) is 9.96. The SMILES string of the molecule is CCOC(CNC(=O)c1ccc(CNC(=O)c2ccc(Br)cc2)cc1)OCC. The van der Waals surface area contributed by atoms with Crippen LogP contribution in [0.2, 0.25) is 0 Å². The van der Waals surface area contributed by atoms with Crippen LogP contribution in [0.5, 0.6) is 0 Å². The highest BCUT2D eigenvalue weighted by Gasteiger charge is 2.11. The van der Waals surface area contributed by atoms with Gasteiger partial charge in [-0.05, 0) is 55.8 Å². The number of rotatable bonds is 10. The molecular weight excluding hydrogens is 424 g/mol. The Morgan fingerprint density at radius 1 is 0.857 bits per heavy atom. The zero-order valence-corrected chi connectivity index (χ0v) is 17.6. The fraction of sp³-hybridized carbons (Fsp3) is 0.333. The average Bonchev–Trinajstić information content (AvgIpc) is 2.71. The van der Waals surface area contributed by atoms with Crippen molar-refractivity contribution in [2.45, 2.75) is 26.7 Å². The normalized spacial score (nSPS) is 10.7. The fourth-order valence-electron chi connectivity index (χ4n) is 2.48. The van der Waals surface area contributed by atoms with Crippen molar-refractivity contribution in [3.05, 3.63) is 69.7 Å². The number of halogens is 1. The molecule has 2 N–H and O–H groups in total. The van der Waals surface area contributed by atoms with E-state index < -0.39 is 6.29 Å². The van der Waals surface area contributed by atoms with E-state index in [2.05, 4.69) is 26.6 Å². The topological polar surface area (TPSA) is 76.7 Å². The second-order valence-electron chi connectivity index (χ2n) is 5.94. The molecule has 0 atom stereocenters. The van der Waals surface area contributed by atoms with Gasteiger partial charge >= 0.3 is 0 Å². The van der Waals surface area contributed by atoms with E-state index in [1.165, 1.54) is 0 Å². The first kappa shape index (κ1) is 22.1. The third-order valence-corrected chi connectivity index (χ3v) is 4.44. The molecule has 0 saturated heterocycles. The lowest BCUT2D eigenvalue weighted by Gasteiger charge is -2.17. The second-order valence-corrected chi connectivity index (χ2v) is 6.85. The highest BCUT2D eigenvalue weighted by Crippen LogP contribution is 2.11. The Bertz CT molecular complexity index is 757. The van der Waals surface area contributed by atoms with Crippen LogP contribution in [0.4, 0.5) is 0 Å². The van der Waals surface area contributed by atoms with Crippen molar-refractivity contribution in [3.8, 4) is 0 Å². The molecule has 0 radical (unpaired) electrons. The summed E-state index contributed by atoms with van der Waals surface area (Å²) in [5.74, 6) is -0.345. The maximum Gasteiger partial charge on any atom is 0.251 e. The fourth-order valence-corrected chi connectivity index (χ4v) is 2.74. The minimum Gasteiger partial charge on any atom is -0.351 e. The van der Waals surface area contributed by atoms with E-state index in [0.29, 0.717) is 30.9 Å². The number of carbonyl (C=O) groups excluding carboxylic acids is 2. The maximum atomic E-state index is 12.3. The molecule has 2 amide bonds. The van der Waals surface area contributed by atoms with Gasteiger partial charge in [-0.1, -0.05) is 28.1 Å². The van der Waals surface area contributed by atoms with Crippen LogP contribution >= 0.6 is 15.9 Å². The van der Waals surface area contributed by atoms with Gasteiger partial charge in [0.15, 0.2) is 6.29 Å². The largest absolute Gasteiger partial charge is 0.351 e. The van der Waals surface area contributed by atoms with E-state index in [4.69, 9.17) is 9.47 Å². The third-order valence-electron chi connectivity index (χ3n) is 3.91. The lowest BCUT2D eigenvalue weighted by atomic mass is 10.1. The van der Waals surface area contributed by atoms with Crippen LogP contribution in [0.3, 0.4) is 0 Å². The number of amides is 2. The van der Waals surface area contributed by atoms with E-state index in [0.717, 1.165) is 10.0 Å². The summed E-state index contributed by atoms with van der Waals surface area (Å²) >= 11 is 3.34. The summed E-state index contributed by atoms with van der Waals surface area (Å²) in [5.41, 5.74) is 2.04. The molecule has 0 aromatic heterocycles. The van der Waals surface area contributed by atoms with Crippen molar-refractivity contribution in [2.75, 3.05) is 19.8 Å². The number of hydrogen-bond acceptors (Lipinski definition) is 4. The summed E-state index contributed by atoms with van der Waals surface area (Å²) in [5, 5.41) is 5.67. The minimum absolute atomic E-state index is 0.146. The Hall–Kier alpha value is -2.22. The second kappa shape index (κ2) is 11.6. The molecule has 0 heterocycles. The predicted molar refractivity (Wildman–Crippen MR) is 111 cm³/mol. The van der Waals surface area contributed by atoms with Crippen LogP contribution in [-0.4, -0.2) is 37.9 Å². The van der Waals surface area contributed by atoms with Crippen molar-refractivity contribution in [1.82, 2.24) is 10.6 Å². The molecule has 0 fully saturated rings. The van der Waals surface area contributed by atoms with E-state index in [9.17, 15) is 9.59 Å². The molecule has 0 saturated carbocycles. The molecule has 150 valence electrons. The summed E-state index contributed by atoms with van der Waals surface area (Å²) in [6.45, 7) is 5.45. The number of nitrogens with one attached hydrogen (secondary N) is 2. The molecule has 0 aliphatic heterocycles. The van der Waals surface area contributed by atoms with Gasteiger partial charge in [-0.15, -0.1) is 0 Å². The smallest absolute Gasteiger partial charge is 0.251 e. The van der Waals surface area contributed by atoms with Gasteiger partial charge in [0.2, 0.25) is 0 Å². The lowest BCUT2D eigenvalue weighted by Crippen LogP contribution is -2.35. The molecule has 0 aliphatic carbocycles. The van der Waals surface area contributed by atoms with Gasteiger partial charge in [-0.3, -0.25) is 9.59 Å². The predicted octanol–water partition coefficient (Wildman–Crippen LogP) is 3.51. The highest BCUT2D eigenvalue weighted by molar-refractivity contribution is 9.10. The van der Waals surface area contributed by atoms with Crippen LogP contribution in [0, 0.1) is 0 Å². The first-order valence-electron chi connectivity index (χ1n) is 9.17. The number of carbonyl (C=O) groups is 2. The minimum atomic E-state index is -0.452. The lowest BCUT2D eigenvalue weighted by molar-refractivity contribution is -0.131. The molecule has 7 heteroatoms. The molecule has 0 aliphatic rings.